The van der Waals surface area contributed by atoms with Gasteiger partial charge in [-0.2, -0.15) is 0 Å². The van der Waals surface area contributed by atoms with Gasteiger partial charge in [-0.1, -0.05) is 47.3 Å². The average Bonchev–Trinajstić information content (AvgIpc) is 2.54. The van der Waals surface area contributed by atoms with Crippen LogP contribution in [0, 0.1) is 5.41 Å². The maximum atomic E-state index is 6.31. The summed E-state index contributed by atoms with van der Waals surface area (Å²) in [6.07, 6.45) is 9.25. The fourth-order valence-electron chi connectivity index (χ4n) is 3.83. The average molecular weight is 353 g/mol. The van der Waals surface area contributed by atoms with Crippen LogP contribution in [0.1, 0.15) is 44.1 Å². The van der Waals surface area contributed by atoms with E-state index in [-0.39, 0.29) is 0 Å². The third-order valence-electron chi connectivity index (χ3n) is 5.27. The second kappa shape index (κ2) is 6.70. The molecule has 1 aromatic rings. The van der Waals surface area contributed by atoms with Gasteiger partial charge in [-0.05, 0) is 43.4 Å². The summed E-state index contributed by atoms with van der Waals surface area (Å²) >= 11 is 3.88. The van der Waals surface area contributed by atoms with Crippen LogP contribution in [-0.4, -0.2) is 24.6 Å². The molecule has 1 aromatic carbocycles. The predicted octanol–water partition coefficient (Wildman–Crippen LogP) is 4.74. The van der Waals surface area contributed by atoms with E-state index in [0.29, 0.717) is 16.3 Å². The lowest BCUT2D eigenvalue weighted by molar-refractivity contribution is -0.0601. The fourth-order valence-corrected chi connectivity index (χ4v) is 4.92. The number of hydrogen-bond acceptors (Lipinski definition) is 2. The summed E-state index contributed by atoms with van der Waals surface area (Å²) in [6.45, 7) is 0.775. The van der Waals surface area contributed by atoms with E-state index >= 15 is 0 Å². The van der Waals surface area contributed by atoms with Crippen molar-refractivity contribution in [2.75, 3.05) is 13.7 Å². The van der Waals surface area contributed by atoms with Crippen LogP contribution in [-0.2, 0) is 11.2 Å². The zero-order valence-electron chi connectivity index (χ0n) is 12.8. The molecule has 2 aliphatic carbocycles. The molecule has 116 valence electrons. The van der Waals surface area contributed by atoms with Crippen molar-refractivity contribution >= 4 is 15.9 Å². The molecule has 0 aliphatic heterocycles. The summed E-state index contributed by atoms with van der Waals surface area (Å²) < 4.78 is 11.4. The zero-order valence-corrected chi connectivity index (χ0v) is 14.4. The number of benzene rings is 1. The van der Waals surface area contributed by atoms with Gasteiger partial charge in [-0.25, -0.2) is 0 Å². The summed E-state index contributed by atoms with van der Waals surface area (Å²) in [6, 6.07) is 8.55. The molecule has 2 fully saturated rings. The van der Waals surface area contributed by atoms with E-state index in [4.69, 9.17) is 9.47 Å². The number of hydrogen-bond donors (Lipinski definition) is 0. The van der Waals surface area contributed by atoms with E-state index in [1.54, 1.807) is 7.11 Å². The van der Waals surface area contributed by atoms with E-state index in [1.165, 1.54) is 37.7 Å². The molecule has 2 aliphatic rings. The molecule has 1 spiro atoms. The van der Waals surface area contributed by atoms with E-state index < -0.39 is 0 Å². The van der Waals surface area contributed by atoms with Crippen molar-refractivity contribution in [2.45, 2.75) is 55.9 Å². The summed E-state index contributed by atoms with van der Waals surface area (Å²) in [5.41, 5.74) is 1.70. The second-order valence-corrected chi connectivity index (χ2v) is 7.60. The Morgan fingerprint density at radius 3 is 2.48 bits per heavy atom. The minimum atomic E-state index is 0.395. The first kappa shape index (κ1) is 15.4. The predicted molar refractivity (Wildman–Crippen MR) is 89.3 cm³/mol. The zero-order chi connectivity index (χ0) is 14.7. The maximum Gasteiger partial charge on any atom is 0.119 e. The van der Waals surface area contributed by atoms with Gasteiger partial charge >= 0.3 is 0 Å². The largest absolute Gasteiger partial charge is 0.490 e. The van der Waals surface area contributed by atoms with E-state index in [0.717, 1.165) is 25.2 Å². The molecule has 3 heteroatoms. The fraction of sp³-hybridized carbons (Fsp3) is 0.667. The highest BCUT2D eigenvalue weighted by molar-refractivity contribution is 9.09. The van der Waals surface area contributed by atoms with Crippen molar-refractivity contribution in [2.24, 2.45) is 5.41 Å². The maximum absolute atomic E-state index is 6.31. The third-order valence-corrected chi connectivity index (χ3v) is 6.55. The number of alkyl halides is 1. The smallest absolute Gasteiger partial charge is 0.119 e. The molecule has 0 aromatic heterocycles. The first-order valence-corrected chi connectivity index (χ1v) is 9.05. The van der Waals surface area contributed by atoms with Gasteiger partial charge in [0.2, 0.25) is 0 Å². The Morgan fingerprint density at radius 2 is 1.86 bits per heavy atom. The Hall–Kier alpha value is -0.540. The van der Waals surface area contributed by atoms with Gasteiger partial charge in [0.15, 0.2) is 0 Å². The van der Waals surface area contributed by atoms with Gasteiger partial charge < -0.3 is 9.47 Å². The molecule has 21 heavy (non-hydrogen) atoms. The van der Waals surface area contributed by atoms with Gasteiger partial charge in [0.05, 0.1) is 6.61 Å². The molecule has 0 radical (unpaired) electrons. The minimum absolute atomic E-state index is 0.395. The first-order valence-electron chi connectivity index (χ1n) is 8.13. The highest BCUT2D eigenvalue weighted by atomic mass is 79.9. The van der Waals surface area contributed by atoms with Crippen LogP contribution in [0.15, 0.2) is 24.3 Å². The van der Waals surface area contributed by atoms with Crippen LogP contribution in [0.4, 0.5) is 0 Å². The lowest BCUT2D eigenvalue weighted by Gasteiger charge is -2.55. The van der Waals surface area contributed by atoms with Crippen molar-refractivity contribution in [1.29, 1.82) is 0 Å². The Labute approximate surface area is 136 Å². The molecular formula is C18H25BrO2. The second-order valence-electron chi connectivity index (χ2n) is 6.49. The highest BCUT2D eigenvalue weighted by Gasteiger charge is 2.55. The molecular weight excluding hydrogens is 328 g/mol. The molecule has 0 N–H and O–H groups in total. The summed E-state index contributed by atoms with van der Waals surface area (Å²) in [7, 11) is 1.74. The summed E-state index contributed by atoms with van der Waals surface area (Å²) in [4.78, 5) is 0.649. The Kier molecular flexibility index (Phi) is 4.90. The monoisotopic (exact) mass is 352 g/mol. The van der Waals surface area contributed by atoms with Crippen molar-refractivity contribution in [3.05, 3.63) is 29.8 Å². The van der Waals surface area contributed by atoms with Crippen molar-refractivity contribution in [1.82, 2.24) is 0 Å². The minimum Gasteiger partial charge on any atom is -0.490 e. The van der Waals surface area contributed by atoms with Gasteiger partial charge in [0.25, 0.3) is 0 Å². The van der Waals surface area contributed by atoms with Crippen LogP contribution >= 0.6 is 15.9 Å². The number of methoxy groups -OCH3 is 1. The molecule has 3 rings (SSSR count). The van der Waals surface area contributed by atoms with Gasteiger partial charge in [0.1, 0.15) is 11.9 Å². The van der Waals surface area contributed by atoms with Gasteiger partial charge in [0, 0.05) is 17.4 Å². The normalized spacial score (nSPS) is 27.3. The van der Waals surface area contributed by atoms with Crippen LogP contribution < -0.4 is 4.74 Å². The van der Waals surface area contributed by atoms with Crippen LogP contribution in [0.5, 0.6) is 5.75 Å². The lowest BCUT2D eigenvalue weighted by atomic mass is 9.58. The molecule has 0 amide bonds. The molecule has 2 saturated carbocycles. The number of ether oxygens (including phenoxy) is 2. The molecule has 2 nitrogen and oxygen atoms in total. The molecule has 0 bridgehead atoms. The molecule has 2 unspecified atom stereocenters. The molecule has 0 saturated heterocycles. The van der Waals surface area contributed by atoms with Crippen molar-refractivity contribution in [3.63, 3.8) is 0 Å². The lowest BCUT2D eigenvalue weighted by Crippen LogP contribution is -2.57. The van der Waals surface area contributed by atoms with Crippen LogP contribution in [0.2, 0.25) is 0 Å². The standard InChI is InChI=1S/C18H25BrO2/c1-20-12-9-14-5-7-15(8-6-14)21-17-13-16(19)18(17)10-3-2-4-11-18/h5-8,16-17H,2-4,9-13H2,1H3. The number of rotatable bonds is 5. The molecule has 0 heterocycles. The van der Waals surface area contributed by atoms with Crippen molar-refractivity contribution < 1.29 is 9.47 Å². The van der Waals surface area contributed by atoms with E-state index in [9.17, 15) is 0 Å². The Morgan fingerprint density at radius 1 is 1.14 bits per heavy atom. The highest BCUT2D eigenvalue weighted by Crippen LogP contribution is 2.56. The van der Waals surface area contributed by atoms with Crippen molar-refractivity contribution in [3.8, 4) is 5.75 Å². The quantitative estimate of drug-likeness (QED) is 0.712. The first-order chi connectivity index (χ1) is 10.2. The summed E-state index contributed by atoms with van der Waals surface area (Å²) in [5, 5.41) is 0. The van der Waals surface area contributed by atoms with E-state index in [2.05, 4.69) is 40.2 Å². The number of halogens is 1. The topological polar surface area (TPSA) is 18.5 Å². The third kappa shape index (κ3) is 3.14. The van der Waals surface area contributed by atoms with Crippen LogP contribution in [0.25, 0.3) is 0 Å². The SMILES string of the molecule is COCCc1ccc(OC2CC(Br)C23CCCCC3)cc1. The van der Waals surface area contributed by atoms with E-state index in [1.807, 2.05) is 0 Å². The Balaban J connectivity index is 1.61. The van der Waals surface area contributed by atoms with Crippen LogP contribution in [0.3, 0.4) is 0 Å². The summed E-state index contributed by atoms with van der Waals surface area (Å²) in [5.74, 6) is 1.02. The van der Waals surface area contributed by atoms with Gasteiger partial charge in [-0.15, -0.1) is 0 Å². The Bertz CT molecular complexity index is 451. The molecule has 2 atom stereocenters. The van der Waals surface area contributed by atoms with Gasteiger partial charge in [-0.3, -0.25) is 0 Å².